The first-order valence-corrected chi connectivity index (χ1v) is 15.8. The number of amides is 3. The minimum atomic E-state index is -0.548. The number of thioether (sulfide) groups is 1. The van der Waals surface area contributed by atoms with Gasteiger partial charge in [-0.15, -0.1) is 11.8 Å². The van der Waals surface area contributed by atoms with Crippen molar-refractivity contribution in [2.24, 2.45) is 0 Å². The van der Waals surface area contributed by atoms with E-state index >= 15 is 0 Å². The molecule has 0 aliphatic rings. The summed E-state index contributed by atoms with van der Waals surface area (Å²) >= 11 is 13.8. The zero-order chi connectivity index (χ0) is 31.8. The van der Waals surface area contributed by atoms with E-state index in [-0.39, 0.29) is 16.9 Å². The number of fused-ring (bicyclic) bond motifs is 1. The van der Waals surface area contributed by atoms with Crippen molar-refractivity contribution in [3.05, 3.63) is 142 Å². The van der Waals surface area contributed by atoms with Crippen LogP contribution in [0.5, 0.6) is 0 Å². The van der Waals surface area contributed by atoms with Gasteiger partial charge in [0.2, 0.25) is 5.91 Å². The molecule has 9 heteroatoms. The van der Waals surface area contributed by atoms with Crippen LogP contribution in [-0.4, -0.2) is 23.0 Å². The number of rotatable bonds is 10. The Hall–Kier alpha value is -4.56. The molecule has 0 aromatic heterocycles. The first-order valence-electron chi connectivity index (χ1n) is 14.2. The van der Waals surface area contributed by atoms with Gasteiger partial charge >= 0.3 is 0 Å². The van der Waals surface area contributed by atoms with Gasteiger partial charge in [0, 0.05) is 31.9 Å². The molecule has 6 nitrogen and oxygen atoms in total. The highest BCUT2D eigenvalue weighted by Gasteiger charge is 2.20. The number of hydrogen-bond acceptors (Lipinski definition) is 4. The van der Waals surface area contributed by atoms with Gasteiger partial charge in [0.05, 0.1) is 5.25 Å². The number of anilines is 2. The summed E-state index contributed by atoms with van der Waals surface area (Å²) in [5, 5.41) is 11.2. The van der Waals surface area contributed by atoms with E-state index in [1.165, 1.54) is 17.8 Å². The van der Waals surface area contributed by atoms with Crippen LogP contribution >= 0.6 is 35.0 Å². The predicted molar refractivity (Wildman–Crippen MR) is 186 cm³/mol. The molecule has 0 aliphatic heterocycles. The predicted octanol–water partition coefficient (Wildman–Crippen LogP) is 9.07. The Morgan fingerprint density at radius 2 is 1.49 bits per heavy atom. The molecule has 0 spiro atoms. The van der Waals surface area contributed by atoms with E-state index in [1.807, 2.05) is 55.5 Å². The maximum atomic E-state index is 13.5. The van der Waals surface area contributed by atoms with Crippen LogP contribution in [0.1, 0.15) is 29.3 Å². The Kier molecular flexibility index (Phi) is 10.6. The van der Waals surface area contributed by atoms with E-state index in [9.17, 15) is 14.4 Å². The van der Waals surface area contributed by atoms with Crippen molar-refractivity contribution < 1.29 is 14.4 Å². The highest BCUT2D eigenvalue weighted by molar-refractivity contribution is 8.00. The van der Waals surface area contributed by atoms with Crippen LogP contribution in [0.2, 0.25) is 10.0 Å². The minimum Gasteiger partial charge on any atom is -0.325 e. The van der Waals surface area contributed by atoms with Gasteiger partial charge in [0.15, 0.2) is 0 Å². The van der Waals surface area contributed by atoms with Gasteiger partial charge in [0.25, 0.3) is 11.8 Å². The van der Waals surface area contributed by atoms with Crippen molar-refractivity contribution in [1.82, 2.24) is 5.32 Å². The van der Waals surface area contributed by atoms with Gasteiger partial charge in [-0.3, -0.25) is 14.4 Å². The molecule has 0 aliphatic carbocycles. The van der Waals surface area contributed by atoms with Crippen LogP contribution in [0.3, 0.4) is 0 Å². The molecule has 226 valence electrons. The largest absolute Gasteiger partial charge is 0.325 e. The summed E-state index contributed by atoms with van der Waals surface area (Å²) in [4.78, 5) is 40.5. The lowest BCUT2D eigenvalue weighted by Crippen LogP contribution is -2.30. The minimum absolute atomic E-state index is 0.00710. The molecule has 45 heavy (non-hydrogen) atoms. The average molecular weight is 655 g/mol. The fraction of sp³-hybridized carbons (Fsp3) is 0.0833. The molecular weight excluding hydrogens is 625 g/mol. The van der Waals surface area contributed by atoms with Gasteiger partial charge in [0.1, 0.15) is 5.70 Å². The molecule has 0 heterocycles. The third kappa shape index (κ3) is 8.54. The molecule has 5 aromatic rings. The third-order valence-corrected chi connectivity index (χ3v) is 8.76. The fourth-order valence-corrected chi connectivity index (χ4v) is 6.01. The Morgan fingerprint density at radius 1 is 0.756 bits per heavy atom. The molecule has 0 saturated heterocycles. The monoisotopic (exact) mass is 653 g/mol. The molecule has 5 rings (SSSR count). The van der Waals surface area contributed by atoms with Crippen molar-refractivity contribution >= 4 is 80.9 Å². The second kappa shape index (κ2) is 14.9. The standard InChI is InChI=1S/C36H29Cl2N3O3S/c1-2-33(36(44)40-29-18-16-23-9-6-7-12-25(23)19-29)45-30-14-8-13-28(22-30)39-35(43)32(20-26-15-17-27(37)21-31(26)38)41-34(42)24-10-4-3-5-11-24/h3-22,33H,2H2,1H3,(H,39,43)(H,40,44)(H,41,42)/b32-20+. The zero-order valence-corrected chi connectivity index (χ0v) is 26.5. The first-order chi connectivity index (χ1) is 21.8. The number of carbonyl (C=O) groups is 3. The summed E-state index contributed by atoms with van der Waals surface area (Å²) < 4.78 is 0. The Bertz CT molecular complexity index is 1900. The van der Waals surface area contributed by atoms with Gasteiger partial charge in [-0.2, -0.15) is 0 Å². The topological polar surface area (TPSA) is 87.3 Å². The molecule has 0 radical (unpaired) electrons. The SMILES string of the molecule is CCC(Sc1cccc(NC(=O)/C(=C\c2ccc(Cl)cc2Cl)NC(=O)c2ccccc2)c1)C(=O)Nc1ccc2ccccc2c1. The summed E-state index contributed by atoms with van der Waals surface area (Å²) in [5.74, 6) is -1.11. The molecule has 0 fully saturated rings. The van der Waals surface area contributed by atoms with Gasteiger partial charge < -0.3 is 16.0 Å². The van der Waals surface area contributed by atoms with Gasteiger partial charge in [-0.25, -0.2) is 0 Å². The van der Waals surface area contributed by atoms with Crippen LogP contribution in [-0.2, 0) is 9.59 Å². The number of benzene rings is 5. The van der Waals surface area contributed by atoms with E-state index in [0.717, 1.165) is 21.4 Å². The first kappa shape index (κ1) is 31.9. The van der Waals surface area contributed by atoms with Crippen molar-refractivity contribution in [2.45, 2.75) is 23.5 Å². The molecular formula is C36H29Cl2N3O3S. The number of nitrogens with one attached hydrogen (secondary N) is 3. The number of halogens is 2. The Balaban J connectivity index is 1.31. The summed E-state index contributed by atoms with van der Waals surface area (Å²) in [7, 11) is 0. The lowest BCUT2D eigenvalue weighted by Gasteiger charge is -2.16. The van der Waals surface area contributed by atoms with E-state index in [1.54, 1.807) is 66.7 Å². The highest BCUT2D eigenvalue weighted by Crippen LogP contribution is 2.30. The molecule has 1 atom stereocenters. The van der Waals surface area contributed by atoms with Crippen molar-refractivity contribution in [3.8, 4) is 0 Å². The van der Waals surface area contributed by atoms with Crippen molar-refractivity contribution in [3.63, 3.8) is 0 Å². The lowest BCUT2D eigenvalue weighted by molar-refractivity contribution is -0.116. The van der Waals surface area contributed by atoms with Gasteiger partial charge in [-0.05, 0) is 83.4 Å². The molecule has 1 unspecified atom stereocenters. The smallest absolute Gasteiger partial charge is 0.272 e. The second-order valence-electron chi connectivity index (χ2n) is 10.1. The van der Waals surface area contributed by atoms with Gasteiger partial charge in [-0.1, -0.05) is 90.8 Å². The van der Waals surface area contributed by atoms with Crippen LogP contribution < -0.4 is 16.0 Å². The van der Waals surface area contributed by atoms with Crippen LogP contribution in [0.15, 0.2) is 126 Å². The zero-order valence-electron chi connectivity index (χ0n) is 24.2. The van der Waals surface area contributed by atoms with Crippen LogP contribution in [0.25, 0.3) is 16.8 Å². The second-order valence-corrected chi connectivity index (χ2v) is 12.2. The molecule has 3 N–H and O–H groups in total. The third-order valence-electron chi connectivity index (χ3n) is 6.84. The number of hydrogen-bond donors (Lipinski definition) is 3. The molecule has 5 aromatic carbocycles. The summed E-state index contributed by atoms with van der Waals surface area (Å²) in [6, 6.07) is 34.5. The average Bonchev–Trinajstić information content (AvgIpc) is 3.04. The van der Waals surface area contributed by atoms with Crippen molar-refractivity contribution in [1.29, 1.82) is 0 Å². The summed E-state index contributed by atoms with van der Waals surface area (Å²) in [6.45, 7) is 1.96. The van der Waals surface area contributed by atoms with Crippen LogP contribution in [0, 0.1) is 0 Å². The van der Waals surface area contributed by atoms with E-state index in [4.69, 9.17) is 23.2 Å². The Labute approximate surface area is 275 Å². The van der Waals surface area contributed by atoms with E-state index in [0.29, 0.717) is 33.3 Å². The maximum Gasteiger partial charge on any atom is 0.272 e. The summed E-state index contributed by atoms with van der Waals surface area (Å²) in [6.07, 6.45) is 2.10. The van der Waals surface area contributed by atoms with Crippen LogP contribution in [0.4, 0.5) is 11.4 Å². The summed E-state index contributed by atoms with van der Waals surface area (Å²) in [5.41, 5.74) is 2.12. The highest BCUT2D eigenvalue weighted by atomic mass is 35.5. The van der Waals surface area contributed by atoms with E-state index < -0.39 is 11.8 Å². The van der Waals surface area contributed by atoms with E-state index in [2.05, 4.69) is 16.0 Å². The molecule has 0 saturated carbocycles. The Morgan fingerprint density at radius 3 is 2.24 bits per heavy atom. The lowest BCUT2D eigenvalue weighted by atomic mass is 10.1. The normalized spacial score (nSPS) is 11.9. The quantitative estimate of drug-likeness (QED) is 0.104. The van der Waals surface area contributed by atoms with Crippen molar-refractivity contribution in [2.75, 3.05) is 10.6 Å². The molecule has 0 bridgehead atoms. The maximum absolute atomic E-state index is 13.5. The number of carbonyl (C=O) groups excluding carboxylic acids is 3. The fourth-order valence-electron chi connectivity index (χ4n) is 4.54. The molecule has 3 amide bonds.